The van der Waals surface area contributed by atoms with Gasteiger partial charge in [0, 0.05) is 23.9 Å². The number of carbonyl (C=O) groups is 3. The minimum Gasteiger partial charge on any atom is -0.497 e. The Morgan fingerprint density at radius 1 is 1.17 bits per heavy atom. The molecule has 24 heavy (non-hydrogen) atoms. The molecular formula is C17H19NO6. The molecule has 0 spiro atoms. The van der Waals surface area contributed by atoms with Crippen LogP contribution in [0, 0.1) is 5.92 Å². The second kappa shape index (κ2) is 6.14. The molecule has 1 aromatic rings. The molecule has 2 bridgehead atoms. The third-order valence-electron chi connectivity index (χ3n) is 4.82. The molecule has 1 saturated heterocycles. The quantitative estimate of drug-likeness (QED) is 0.765. The van der Waals surface area contributed by atoms with E-state index in [0.717, 1.165) is 5.56 Å². The molecule has 1 aliphatic carbocycles. The standard InChI is InChI=1S/C17H19NO6/c1-22-10-4-5-11-12-6-9(15(19)13(11)7-10)8-18(17(21)24-3)14(12)16(20)23-2/h4-5,7,9,12,14H,6,8H2,1-3H3/t9-,12-,14-/m1/s1. The highest BCUT2D eigenvalue weighted by Crippen LogP contribution is 2.44. The van der Waals surface area contributed by atoms with Crippen LogP contribution in [-0.2, 0) is 14.3 Å². The van der Waals surface area contributed by atoms with E-state index in [1.165, 1.54) is 26.2 Å². The molecule has 2 aliphatic rings. The van der Waals surface area contributed by atoms with E-state index in [2.05, 4.69) is 0 Å². The van der Waals surface area contributed by atoms with Crippen molar-refractivity contribution in [3.05, 3.63) is 29.3 Å². The van der Waals surface area contributed by atoms with Crippen LogP contribution in [0.15, 0.2) is 18.2 Å². The molecule has 0 N–H and O–H groups in total. The number of piperidine rings is 1. The number of Topliss-reactive ketones (excluding diaryl/α,β-unsaturated/α-hetero) is 1. The molecule has 1 aliphatic heterocycles. The minimum atomic E-state index is -0.807. The molecule has 3 rings (SSSR count). The number of fused-ring (bicyclic) bond motifs is 4. The van der Waals surface area contributed by atoms with Crippen molar-refractivity contribution in [2.75, 3.05) is 27.9 Å². The van der Waals surface area contributed by atoms with Crippen molar-refractivity contribution in [3.63, 3.8) is 0 Å². The third kappa shape index (κ3) is 2.40. The fraction of sp³-hybridized carbons (Fsp3) is 0.471. The van der Waals surface area contributed by atoms with Gasteiger partial charge in [-0.1, -0.05) is 6.07 Å². The van der Waals surface area contributed by atoms with Gasteiger partial charge in [-0.2, -0.15) is 0 Å². The van der Waals surface area contributed by atoms with Crippen molar-refractivity contribution in [1.82, 2.24) is 4.90 Å². The van der Waals surface area contributed by atoms with E-state index in [1.807, 2.05) is 0 Å². The Bertz CT molecular complexity index is 700. The smallest absolute Gasteiger partial charge is 0.410 e. The van der Waals surface area contributed by atoms with Crippen LogP contribution in [0.4, 0.5) is 4.79 Å². The van der Waals surface area contributed by atoms with Gasteiger partial charge >= 0.3 is 12.1 Å². The normalized spacial score (nSPS) is 24.9. The minimum absolute atomic E-state index is 0.0441. The zero-order valence-corrected chi connectivity index (χ0v) is 13.8. The van der Waals surface area contributed by atoms with Gasteiger partial charge in [-0.3, -0.25) is 9.69 Å². The van der Waals surface area contributed by atoms with Crippen molar-refractivity contribution < 1.29 is 28.6 Å². The highest BCUT2D eigenvalue weighted by atomic mass is 16.5. The van der Waals surface area contributed by atoms with Crippen LogP contribution >= 0.6 is 0 Å². The van der Waals surface area contributed by atoms with Crippen molar-refractivity contribution >= 4 is 17.8 Å². The molecule has 0 saturated carbocycles. The van der Waals surface area contributed by atoms with E-state index in [9.17, 15) is 14.4 Å². The first-order valence-corrected chi connectivity index (χ1v) is 7.66. The maximum atomic E-state index is 12.7. The summed E-state index contributed by atoms with van der Waals surface area (Å²) in [6, 6.07) is 4.42. The average molecular weight is 333 g/mol. The Balaban J connectivity index is 2.11. The van der Waals surface area contributed by atoms with Gasteiger partial charge in [0.25, 0.3) is 0 Å². The van der Waals surface area contributed by atoms with Crippen molar-refractivity contribution in [2.45, 2.75) is 18.4 Å². The zero-order valence-electron chi connectivity index (χ0n) is 13.8. The van der Waals surface area contributed by atoms with E-state index in [1.54, 1.807) is 18.2 Å². The first-order chi connectivity index (χ1) is 11.5. The number of esters is 1. The average Bonchev–Trinajstić information content (AvgIpc) is 2.63. The summed E-state index contributed by atoms with van der Waals surface area (Å²) in [7, 11) is 4.07. The van der Waals surface area contributed by atoms with Gasteiger partial charge in [0.1, 0.15) is 11.8 Å². The number of ketones is 1. The second-order valence-electron chi connectivity index (χ2n) is 5.95. The van der Waals surface area contributed by atoms with E-state index in [-0.39, 0.29) is 24.2 Å². The van der Waals surface area contributed by atoms with Crippen molar-refractivity contribution in [2.24, 2.45) is 5.92 Å². The molecule has 0 unspecified atom stereocenters. The lowest BCUT2D eigenvalue weighted by molar-refractivity contribution is -0.149. The van der Waals surface area contributed by atoms with Crippen LogP contribution in [0.5, 0.6) is 5.75 Å². The Labute approximate surface area is 139 Å². The SMILES string of the molecule is COC(=O)[C@H]1[C@@H]2C[C@H](CN1C(=O)OC)C(=O)c1cc(OC)ccc12. The highest BCUT2D eigenvalue weighted by molar-refractivity contribution is 6.02. The largest absolute Gasteiger partial charge is 0.497 e. The Kier molecular flexibility index (Phi) is 4.17. The lowest BCUT2D eigenvalue weighted by atomic mass is 9.69. The fourth-order valence-electron chi connectivity index (χ4n) is 3.70. The molecule has 1 fully saturated rings. The molecule has 1 amide bonds. The summed E-state index contributed by atoms with van der Waals surface area (Å²) in [5.74, 6) is -0.651. The summed E-state index contributed by atoms with van der Waals surface area (Å²) in [5, 5.41) is 0. The molecule has 1 heterocycles. The molecule has 7 heteroatoms. The number of likely N-dealkylation sites (tertiary alicyclic amines) is 1. The number of hydrogen-bond acceptors (Lipinski definition) is 6. The zero-order chi connectivity index (χ0) is 17.4. The van der Waals surface area contributed by atoms with E-state index in [0.29, 0.717) is 17.7 Å². The van der Waals surface area contributed by atoms with Crippen LogP contribution in [0.3, 0.4) is 0 Å². The van der Waals surface area contributed by atoms with Crippen LogP contribution < -0.4 is 4.74 Å². The van der Waals surface area contributed by atoms with Gasteiger partial charge in [-0.25, -0.2) is 9.59 Å². The summed E-state index contributed by atoms with van der Waals surface area (Å²) in [4.78, 5) is 38.5. The number of hydrogen-bond donors (Lipinski definition) is 0. The predicted molar refractivity (Wildman–Crippen MR) is 83.1 cm³/mol. The van der Waals surface area contributed by atoms with Gasteiger partial charge < -0.3 is 14.2 Å². The topological polar surface area (TPSA) is 82.1 Å². The van der Waals surface area contributed by atoms with Crippen LogP contribution in [0.25, 0.3) is 0 Å². The Morgan fingerprint density at radius 3 is 2.54 bits per heavy atom. The number of nitrogens with zero attached hydrogens (tertiary/aromatic N) is 1. The highest BCUT2D eigenvalue weighted by Gasteiger charge is 2.50. The first kappa shape index (κ1) is 16.3. The van der Waals surface area contributed by atoms with Gasteiger partial charge in [0.15, 0.2) is 5.78 Å². The Hall–Kier alpha value is -2.57. The number of benzene rings is 1. The van der Waals surface area contributed by atoms with Gasteiger partial charge in [0.05, 0.1) is 21.3 Å². The summed E-state index contributed by atoms with van der Waals surface area (Å²) >= 11 is 0. The van der Waals surface area contributed by atoms with Gasteiger partial charge in [-0.05, 0) is 24.1 Å². The summed E-state index contributed by atoms with van der Waals surface area (Å²) < 4.78 is 14.9. The van der Waals surface area contributed by atoms with Gasteiger partial charge in [0.2, 0.25) is 0 Å². The predicted octanol–water partition coefficient (Wildman–Crippen LogP) is 1.60. The molecule has 128 valence electrons. The third-order valence-corrected chi connectivity index (χ3v) is 4.82. The number of rotatable bonds is 2. The van der Waals surface area contributed by atoms with E-state index >= 15 is 0 Å². The van der Waals surface area contributed by atoms with Gasteiger partial charge in [-0.15, -0.1) is 0 Å². The van der Waals surface area contributed by atoms with E-state index < -0.39 is 18.1 Å². The van der Waals surface area contributed by atoms with Crippen LogP contribution in [-0.4, -0.2) is 56.7 Å². The van der Waals surface area contributed by atoms with Crippen molar-refractivity contribution in [1.29, 1.82) is 0 Å². The number of carbonyl (C=O) groups excluding carboxylic acids is 3. The fourth-order valence-corrected chi connectivity index (χ4v) is 3.70. The molecule has 0 aromatic heterocycles. The number of amides is 1. The molecule has 1 aromatic carbocycles. The lowest BCUT2D eigenvalue weighted by Gasteiger charge is -2.45. The van der Waals surface area contributed by atoms with Crippen LogP contribution in [0.2, 0.25) is 0 Å². The summed E-state index contributed by atoms with van der Waals surface area (Å²) in [6.45, 7) is 0.137. The lowest BCUT2D eigenvalue weighted by Crippen LogP contribution is -2.57. The molecule has 3 atom stereocenters. The number of methoxy groups -OCH3 is 3. The maximum Gasteiger partial charge on any atom is 0.410 e. The monoisotopic (exact) mass is 333 g/mol. The molecule has 0 radical (unpaired) electrons. The Morgan fingerprint density at radius 2 is 1.92 bits per heavy atom. The van der Waals surface area contributed by atoms with Crippen LogP contribution in [0.1, 0.15) is 28.3 Å². The molecule has 7 nitrogen and oxygen atoms in total. The van der Waals surface area contributed by atoms with Crippen molar-refractivity contribution in [3.8, 4) is 5.75 Å². The summed E-state index contributed by atoms with van der Waals surface area (Å²) in [5.41, 5.74) is 1.29. The summed E-state index contributed by atoms with van der Waals surface area (Å²) in [6.07, 6.45) is -0.129. The second-order valence-corrected chi connectivity index (χ2v) is 5.95. The van der Waals surface area contributed by atoms with E-state index in [4.69, 9.17) is 14.2 Å². The number of ether oxygens (including phenoxy) is 3. The molecular weight excluding hydrogens is 314 g/mol. The first-order valence-electron chi connectivity index (χ1n) is 7.66. The maximum absolute atomic E-state index is 12.7.